The summed E-state index contributed by atoms with van der Waals surface area (Å²) in [5.41, 5.74) is 16.4. The summed E-state index contributed by atoms with van der Waals surface area (Å²) in [6.07, 6.45) is 1.83. The van der Waals surface area contributed by atoms with Crippen molar-refractivity contribution in [1.82, 2.24) is 24.5 Å². The molecule has 9 aromatic carbocycles. The molecule has 1 aliphatic rings. The Hall–Kier alpha value is -9.57. The van der Waals surface area contributed by atoms with Gasteiger partial charge < -0.3 is 4.57 Å². The third-order valence-corrected chi connectivity index (χ3v) is 13.8. The first kappa shape index (κ1) is 40.7. The second-order valence-corrected chi connectivity index (χ2v) is 17.7. The number of aromatic nitrogens is 5. The number of hydrogen-bond acceptors (Lipinski definition) is 5. The zero-order valence-corrected chi connectivity index (χ0v) is 37.8. The molecule has 6 nitrogen and oxygen atoms in total. The molecule has 0 saturated heterocycles. The lowest BCUT2D eigenvalue weighted by Gasteiger charge is -2.34. The molecule has 70 heavy (non-hydrogen) atoms. The summed E-state index contributed by atoms with van der Waals surface area (Å²) in [5, 5.41) is 12.5. The van der Waals surface area contributed by atoms with Crippen molar-refractivity contribution < 1.29 is 0 Å². The van der Waals surface area contributed by atoms with Crippen LogP contribution >= 0.6 is 0 Å². The van der Waals surface area contributed by atoms with Crippen LogP contribution in [0.2, 0.25) is 0 Å². The Morgan fingerprint density at radius 1 is 0.386 bits per heavy atom. The van der Waals surface area contributed by atoms with E-state index in [0.29, 0.717) is 23.0 Å². The standard InChI is InChI=1S/C64H40N6/c65-41-42-28-31-52-53-32-29-44(40-57(53)64(56(52)35-42,49-19-7-2-8-20-49)50-21-9-3-10-22-50)46-36-47(58-26-15-16-34-66-58)38-48(37-46)63-68-61(43-17-5-1-6-18-43)67-62(69-63)45-30-33-60-55(39-45)54-25-13-14-27-59(54)70(60)51-23-11-4-12-24-51/h1-40H. The third-order valence-electron chi connectivity index (χ3n) is 13.8. The smallest absolute Gasteiger partial charge is 0.164 e. The molecular weight excluding hydrogens is 853 g/mol. The SMILES string of the molecule is N#Cc1ccc2c(c1)C(c1ccccc1)(c1ccccc1)c1cc(-c3cc(-c4ccccn4)cc(-c4nc(-c5ccccc5)nc(-c5ccc6c(c5)c5ccccc5n6-c5ccccc5)n4)c3)ccc1-2. The molecule has 3 heterocycles. The molecule has 0 bridgehead atoms. The third kappa shape index (κ3) is 6.63. The molecule has 0 aliphatic heterocycles. The van der Waals surface area contributed by atoms with E-state index in [0.717, 1.165) is 99.9 Å². The van der Waals surface area contributed by atoms with Crippen molar-refractivity contribution in [3.05, 3.63) is 271 Å². The van der Waals surface area contributed by atoms with Gasteiger partial charge in [0.25, 0.3) is 0 Å². The fourth-order valence-corrected chi connectivity index (χ4v) is 10.7. The molecule has 0 saturated carbocycles. The van der Waals surface area contributed by atoms with E-state index in [9.17, 15) is 5.26 Å². The summed E-state index contributed by atoms with van der Waals surface area (Å²) in [6.45, 7) is 0. The molecule has 0 spiro atoms. The van der Waals surface area contributed by atoms with Crippen molar-refractivity contribution in [3.63, 3.8) is 0 Å². The molecule has 326 valence electrons. The first-order valence-electron chi connectivity index (χ1n) is 23.4. The molecule has 12 aromatic rings. The topological polar surface area (TPSA) is 80.3 Å². The minimum atomic E-state index is -0.695. The molecular formula is C64H40N6. The van der Waals surface area contributed by atoms with Crippen molar-refractivity contribution in [2.45, 2.75) is 5.41 Å². The highest BCUT2D eigenvalue weighted by atomic mass is 15.0. The van der Waals surface area contributed by atoms with Gasteiger partial charge in [-0.3, -0.25) is 4.98 Å². The van der Waals surface area contributed by atoms with Crippen LogP contribution in [0, 0.1) is 11.3 Å². The van der Waals surface area contributed by atoms with E-state index in [1.54, 1.807) is 0 Å². The molecule has 1 aliphatic carbocycles. The summed E-state index contributed by atoms with van der Waals surface area (Å²) in [5.74, 6) is 1.71. The van der Waals surface area contributed by atoms with E-state index in [1.165, 1.54) is 0 Å². The highest BCUT2D eigenvalue weighted by molar-refractivity contribution is 6.10. The van der Waals surface area contributed by atoms with E-state index in [-0.39, 0.29) is 0 Å². The Labute approximate surface area is 405 Å². The lowest BCUT2D eigenvalue weighted by atomic mass is 9.67. The van der Waals surface area contributed by atoms with Gasteiger partial charge in [0.15, 0.2) is 17.5 Å². The molecule has 6 heteroatoms. The Bertz CT molecular complexity index is 3950. The Morgan fingerprint density at radius 2 is 0.943 bits per heavy atom. The first-order valence-corrected chi connectivity index (χ1v) is 23.4. The van der Waals surface area contributed by atoms with Crippen molar-refractivity contribution in [2.75, 3.05) is 0 Å². The molecule has 0 unspecified atom stereocenters. The van der Waals surface area contributed by atoms with Crippen molar-refractivity contribution in [2.24, 2.45) is 0 Å². The van der Waals surface area contributed by atoms with Crippen LogP contribution < -0.4 is 0 Å². The monoisotopic (exact) mass is 892 g/mol. The van der Waals surface area contributed by atoms with Crippen LogP contribution in [0.1, 0.15) is 27.8 Å². The van der Waals surface area contributed by atoms with E-state index in [2.05, 4.69) is 187 Å². The van der Waals surface area contributed by atoms with Gasteiger partial charge in [-0.2, -0.15) is 5.26 Å². The van der Waals surface area contributed by atoms with Gasteiger partial charge in [-0.25, -0.2) is 15.0 Å². The molecule has 13 rings (SSSR count). The summed E-state index contributed by atoms with van der Waals surface area (Å²) in [4.78, 5) is 20.6. The van der Waals surface area contributed by atoms with E-state index in [1.807, 2.05) is 66.9 Å². The van der Waals surface area contributed by atoms with Gasteiger partial charge in [0.1, 0.15) is 0 Å². The highest BCUT2D eigenvalue weighted by Gasteiger charge is 2.46. The maximum Gasteiger partial charge on any atom is 0.164 e. The average molecular weight is 893 g/mol. The molecule has 0 atom stereocenters. The number of para-hydroxylation sites is 2. The van der Waals surface area contributed by atoms with Gasteiger partial charge in [-0.1, -0.05) is 152 Å². The van der Waals surface area contributed by atoms with E-state index in [4.69, 9.17) is 19.9 Å². The lowest BCUT2D eigenvalue weighted by Crippen LogP contribution is -2.28. The average Bonchev–Trinajstić information content (AvgIpc) is 3.93. The Kier molecular flexibility index (Phi) is 9.67. The Balaban J connectivity index is 1.03. The lowest BCUT2D eigenvalue weighted by molar-refractivity contribution is 0.768. The zero-order valence-electron chi connectivity index (χ0n) is 37.8. The van der Waals surface area contributed by atoms with Crippen LogP contribution in [0.25, 0.3) is 95.2 Å². The van der Waals surface area contributed by atoms with Gasteiger partial charge in [-0.05, 0) is 129 Å². The quantitative estimate of drug-likeness (QED) is 0.152. The molecule has 0 fully saturated rings. The number of nitrogens with zero attached hydrogens (tertiary/aromatic N) is 6. The highest BCUT2D eigenvalue weighted by Crippen LogP contribution is 2.57. The molecule has 0 N–H and O–H groups in total. The van der Waals surface area contributed by atoms with Crippen LogP contribution in [0.3, 0.4) is 0 Å². The van der Waals surface area contributed by atoms with Crippen LogP contribution in [0.15, 0.2) is 243 Å². The molecule has 0 radical (unpaired) electrons. The van der Waals surface area contributed by atoms with Crippen molar-refractivity contribution >= 4 is 21.8 Å². The summed E-state index contributed by atoms with van der Waals surface area (Å²) >= 11 is 0. The van der Waals surface area contributed by atoms with Gasteiger partial charge >= 0.3 is 0 Å². The summed E-state index contributed by atoms with van der Waals surface area (Å²) in [6, 6.07) is 85.0. The first-order chi connectivity index (χ1) is 34.6. The van der Waals surface area contributed by atoms with E-state index >= 15 is 0 Å². The van der Waals surface area contributed by atoms with Crippen LogP contribution in [-0.4, -0.2) is 24.5 Å². The minimum Gasteiger partial charge on any atom is -0.309 e. The van der Waals surface area contributed by atoms with Crippen molar-refractivity contribution in [1.29, 1.82) is 5.26 Å². The van der Waals surface area contributed by atoms with Crippen LogP contribution in [-0.2, 0) is 5.41 Å². The van der Waals surface area contributed by atoms with Gasteiger partial charge in [0.2, 0.25) is 0 Å². The number of fused-ring (bicyclic) bond motifs is 6. The number of hydrogen-bond donors (Lipinski definition) is 0. The fourth-order valence-electron chi connectivity index (χ4n) is 10.7. The maximum atomic E-state index is 10.2. The second kappa shape index (κ2) is 16.6. The number of rotatable bonds is 8. The predicted molar refractivity (Wildman–Crippen MR) is 281 cm³/mol. The van der Waals surface area contributed by atoms with Crippen LogP contribution in [0.4, 0.5) is 0 Å². The molecule has 0 amide bonds. The Morgan fingerprint density at radius 3 is 1.64 bits per heavy atom. The maximum absolute atomic E-state index is 10.2. The van der Waals surface area contributed by atoms with Crippen LogP contribution in [0.5, 0.6) is 0 Å². The number of pyridine rings is 1. The predicted octanol–water partition coefficient (Wildman–Crippen LogP) is 14.9. The summed E-state index contributed by atoms with van der Waals surface area (Å²) in [7, 11) is 0. The van der Waals surface area contributed by atoms with Crippen molar-refractivity contribution in [3.8, 4) is 79.4 Å². The fraction of sp³-hybridized carbons (Fsp3) is 0.0156. The normalized spacial score (nSPS) is 12.4. The van der Waals surface area contributed by atoms with Gasteiger partial charge in [0.05, 0.1) is 33.8 Å². The zero-order chi connectivity index (χ0) is 46.6. The minimum absolute atomic E-state index is 0.551. The van der Waals surface area contributed by atoms with Gasteiger partial charge in [0, 0.05) is 44.9 Å². The second-order valence-electron chi connectivity index (χ2n) is 17.7. The van der Waals surface area contributed by atoms with E-state index < -0.39 is 5.41 Å². The van der Waals surface area contributed by atoms with Gasteiger partial charge in [-0.15, -0.1) is 0 Å². The molecule has 3 aromatic heterocycles. The summed E-state index contributed by atoms with van der Waals surface area (Å²) < 4.78 is 2.32. The number of nitriles is 1. The largest absolute Gasteiger partial charge is 0.309 e. The number of benzene rings is 9.